The molecule has 1 aliphatic rings. The van der Waals surface area contributed by atoms with Crippen molar-refractivity contribution in [3.63, 3.8) is 0 Å². The summed E-state index contributed by atoms with van der Waals surface area (Å²) in [5.74, 6) is -0.515. The van der Waals surface area contributed by atoms with E-state index in [-0.39, 0.29) is 29.1 Å². The van der Waals surface area contributed by atoms with Crippen molar-refractivity contribution in [3.8, 4) is 5.88 Å². The molecule has 0 bridgehead atoms. The highest BCUT2D eigenvalue weighted by Crippen LogP contribution is 2.31. The van der Waals surface area contributed by atoms with Crippen LogP contribution < -0.4 is 16.6 Å². The van der Waals surface area contributed by atoms with E-state index in [4.69, 9.17) is 0 Å². The molecule has 1 saturated carbocycles. The van der Waals surface area contributed by atoms with Gasteiger partial charge in [-0.25, -0.2) is 4.79 Å². The van der Waals surface area contributed by atoms with Crippen LogP contribution in [0.5, 0.6) is 5.88 Å². The van der Waals surface area contributed by atoms with E-state index >= 15 is 0 Å². The molecule has 154 valence electrons. The molecule has 0 spiro atoms. The van der Waals surface area contributed by atoms with Gasteiger partial charge in [-0.05, 0) is 31.9 Å². The third kappa shape index (κ3) is 4.47. The van der Waals surface area contributed by atoms with E-state index in [2.05, 4.69) is 15.3 Å². The monoisotopic (exact) mass is 398 g/mol. The van der Waals surface area contributed by atoms with Gasteiger partial charge < -0.3 is 10.4 Å². The number of anilines is 1. The summed E-state index contributed by atoms with van der Waals surface area (Å²) in [5, 5.41) is 13.6. The number of benzene rings is 1. The number of carbonyl (C=O) groups excluding carboxylic acids is 1. The third-order valence-corrected chi connectivity index (χ3v) is 5.21. The van der Waals surface area contributed by atoms with E-state index in [0.717, 1.165) is 32.1 Å². The summed E-state index contributed by atoms with van der Waals surface area (Å²) in [6.45, 7) is 3.34. The predicted molar refractivity (Wildman–Crippen MR) is 112 cm³/mol. The number of H-pyrrole nitrogens is 1. The highest BCUT2D eigenvalue weighted by Gasteiger charge is 2.24. The molecule has 0 atom stereocenters. The smallest absolute Gasteiger partial charge is 0.331 e. The number of carbonyl (C=O) groups is 1. The first-order chi connectivity index (χ1) is 13.9. The first kappa shape index (κ1) is 20.6. The Kier molecular flexibility index (Phi) is 6.31. The zero-order valence-corrected chi connectivity index (χ0v) is 16.7. The van der Waals surface area contributed by atoms with E-state index in [1.807, 2.05) is 0 Å². The summed E-state index contributed by atoms with van der Waals surface area (Å²) >= 11 is 0. The van der Waals surface area contributed by atoms with Crippen LogP contribution in [0, 0.1) is 0 Å². The molecule has 0 radical (unpaired) electrons. The molecule has 1 aromatic heterocycles. The molecular weight excluding hydrogens is 372 g/mol. The van der Waals surface area contributed by atoms with Gasteiger partial charge in [0.2, 0.25) is 11.8 Å². The molecule has 1 heterocycles. The van der Waals surface area contributed by atoms with Crippen LogP contribution in [0.4, 0.5) is 11.4 Å². The minimum Gasteiger partial charge on any atom is -0.494 e. The summed E-state index contributed by atoms with van der Waals surface area (Å²) in [5.41, 5.74) is -0.100. The topological polar surface area (TPSA) is 117 Å². The maximum absolute atomic E-state index is 12.5. The molecule has 2 aromatic rings. The SMILES string of the molecule is CCC(=O)Nc1ccccc1N=C(C)c1c(O)n(C2CCCCC2)c(=O)[nH]c1=O. The van der Waals surface area contributed by atoms with E-state index in [9.17, 15) is 19.5 Å². The summed E-state index contributed by atoms with van der Waals surface area (Å²) in [6.07, 6.45) is 4.93. The number of rotatable bonds is 5. The number of hydrogen-bond donors (Lipinski definition) is 3. The molecule has 1 aliphatic carbocycles. The molecule has 3 N–H and O–H groups in total. The van der Waals surface area contributed by atoms with Crippen molar-refractivity contribution in [2.75, 3.05) is 5.32 Å². The van der Waals surface area contributed by atoms with Crippen molar-refractivity contribution in [2.45, 2.75) is 58.4 Å². The van der Waals surface area contributed by atoms with Gasteiger partial charge in [-0.1, -0.05) is 38.3 Å². The Morgan fingerprint density at radius 3 is 2.62 bits per heavy atom. The second-order valence-corrected chi connectivity index (χ2v) is 7.24. The van der Waals surface area contributed by atoms with E-state index in [0.29, 0.717) is 17.8 Å². The fourth-order valence-corrected chi connectivity index (χ4v) is 3.69. The maximum Gasteiger partial charge on any atom is 0.331 e. The average Bonchev–Trinajstić information content (AvgIpc) is 2.69. The largest absolute Gasteiger partial charge is 0.494 e. The molecule has 8 heteroatoms. The number of aromatic hydroxyl groups is 1. The molecule has 3 rings (SSSR count). The average molecular weight is 398 g/mol. The van der Waals surface area contributed by atoms with Gasteiger partial charge in [0, 0.05) is 12.5 Å². The van der Waals surface area contributed by atoms with Crippen molar-refractivity contribution in [1.82, 2.24) is 9.55 Å². The van der Waals surface area contributed by atoms with Crippen molar-refractivity contribution >= 4 is 23.0 Å². The molecular formula is C21H26N4O4. The maximum atomic E-state index is 12.5. The molecule has 1 fully saturated rings. The van der Waals surface area contributed by atoms with Crippen LogP contribution in [0.3, 0.4) is 0 Å². The van der Waals surface area contributed by atoms with Gasteiger partial charge in [0.05, 0.1) is 17.1 Å². The molecule has 1 amide bonds. The Hall–Kier alpha value is -3.16. The number of aromatic nitrogens is 2. The van der Waals surface area contributed by atoms with Crippen molar-refractivity contribution in [3.05, 3.63) is 50.7 Å². The van der Waals surface area contributed by atoms with Crippen LogP contribution in [-0.4, -0.2) is 26.3 Å². The minimum absolute atomic E-state index is 0.0354. The van der Waals surface area contributed by atoms with Gasteiger partial charge in [-0.15, -0.1) is 0 Å². The van der Waals surface area contributed by atoms with E-state index in [1.54, 1.807) is 38.1 Å². The number of hydrogen-bond acceptors (Lipinski definition) is 5. The Morgan fingerprint density at radius 2 is 1.93 bits per heavy atom. The fraction of sp³-hybridized carbons (Fsp3) is 0.429. The number of nitrogens with one attached hydrogen (secondary N) is 2. The molecule has 29 heavy (non-hydrogen) atoms. The Bertz CT molecular complexity index is 1050. The number of para-hydroxylation sites is 2. The van der Waals surface area contributed by atoms with Gasteiger partial charge >= 0.3 is 5.69 Å². The second-order valence-electron chi connectivity index (χ2n) is 7.24. The van der Waals surface area contributed by atoms with Crippen LogP contribution in [0.25, 0.3) is 0 Å². The summed E-state index contributed by atoms with van der Waals surface area (Å²) in [6, 6.07) is 6.81. The van der Waals surface area contributed by atoms with Crippen LogP contribution in [0.2, 0.25) is 0 Å². The van der Waals surface area contributed by atoms with Crippen LogP contribution in [0.1, 0.15) is 64.0 Å². The molecule has 1 aromatic carbocycles. The van der Waals surface area contributed by atoms with Crippen LogP contribution >= 0.6 is 0 Å². The number of aromatic amines is 1. The van der Waals surface area contributed by atoms with E-state index in [1.165, 1.54) is 4.57 Å². The van der Waals surface area contributed by atoms with Crippen LogP contribution in [0.15, 0.2) is 38.8 Å². The first-order valence-corrected chi connectivity index (χ1v) is 9.94. The lowest BCUT2D eigenvalue weighted by molar-refractivity contribution is -0.115. The first-order valence-electron chi connectivity index (χ1n) is 9.94. The lowest BCUT2D eigenvalue weighted by atomic mass is 9.95. The molecule has 0 saturated heterocycles. The van der Waals surface area contributed by atoms with Gasteiger partial charge in [-0.3, -0.25) is 24.1 Å². The molecule has 0 unspecified atom stereocenters. The van der Waals surface area contributed by atoms with Crippen molar-refractivity contribution in [2.24, 2.45) is 4.99 Å². The zero-order chi connectivity index (χ0) is 21.0. The van der Waals surface area contributed by atoms with Gasteiger partial charge in [0.1, 0.15) is 5.56 Å². The minimum atomic E-state index is -0.684. The predicted octanol–water partition coefficient (Wildman–Crippen LogP) is 3.24. The second kappa shape index (κ2) is 8.89. The number of aliphatic imine (C=N–C) groups is 1. The summed E-state index contributed by atoms with van der Waals surface area (Å²) in [7, 11) is 0. The van der Waals surface area contributed by atoms with E-state index < -0.39 is 11.2 Å². The zero-order valence-electron chi connectivity index (χ0n) is 16.7. The Labute approximate surface area is 168 Å². The van der Waals surface area contributed by atoms with Gasteiger partial charge in [0.15, 0.2) is 0 Å². The quantitative estimate of drug-likeness (QED) is 0.670. The number of nitrogens with zero attached hydrogens (tertiary/aromatic N) is 2. The Balaban J connectivity index is 2.06. The lowest BCUT2D eigenvalue weighted by Crippen LogP contribution is -2.36. The van der Waals surface area contributed by atoms with Crippen molar-refractivity contribution < 1.29 is 9.90 Å². The standard InChI is InChI=1S/C21H26N4O4/c1-3-17(26)23-16-12-8-7-11-15(16)22-13(2)18-19(27)24-21(29)25(20(18)28)14-9-5-4-6-10-14/h7-8,11-12,14,28H,3-6,9-10H2,1-2H3,(H,23,26)(H,24,27,29). The van der Waals surface area contributed by atoms with Gasteiger partial charge in [0.25, 0.3) is 5.56 Å². The van der Waals surface area contributed by atoms with Crippen molar-refractivity contribution in [1.29, 1.82) is 0 Å². The molecule has 8 nitrogen and oxygen atoms in total. The normalized spacial score (nSPS) is 15.3. The molecule has 0 aliphatic heterocycles. The number of amides is 1. The van der Waals surface area contributed by atoms with Gasteiger partial charge in [-0.2, -0.15) is 0 Å². The lowest BCUT2D eigenvalue weighted by Gasteiger charge is -2.25. The summed E-state index contributed by atoms with van der Waals surface area (Å²) < 4.78 is 1.28. The highest BCUT2D eigenvalue weighted by atomic mass is 16.3. The summed E-state index contributed by atoms with van der Waals surface area (Å²) in [4.78, 5) is 43.4. The van der Waals surface area contributed by atoms with Crippen LogP contribution in [-0.2, 0) is 4.79 Å². The highest BCUT2D eigenvalue weighted by molar-refractivity contribution is 6.03. The fourth-order valence-electron chi connectivity index (χ4n) is 3.69. The Morgan fingerprint density at radius 1 is 1.24 bits per heavy atom. The third-order valence-electron chi connectivity index (χ3n) is 5.21.